The first-order chi connectivity index (χ1) is 58.8. The molecular formula is C62H88O33Si7. The molecule has 0 radical (unpaired) electrons. The van der Waals surface area contributed by atoms with Crippen LogP contribution in [0.4, 0.5) is 4.79 Å². The van der Waals surface area contributed by atoms with Crippen molar-refractivity contribution in [3.63, 3.8) is 0 Å². The van der Waals surface area contributed by atoms with E-state index in [1.165, 1.54) is 88.1 Å². The highest BCUT2D eigenvalue weighted by Crippen LogP contribution is 2.31. The van der Waals surface area contributed by atoms with E-state index in [2.05, 4.69) is 107 Å². The van der Waals surface area contributed by atoms with Crippen molar-refractivity contribution in [1.29, 1.82) is 30.1 Å². The number of carbonyl (C=O) groups is 2. The molecule has 0 saturated carbocycles. The van der Waals surface area contributed by atoms with Crippen molar-refractivity contribution in [2.45, 2.75) is 64.4 Å². The molecule has 7 aromatic carbocycles. The molecule has 0 amide bonds. The normalized spacial score (nSPS) is 14.6. The highest BCUT2D eigenvalue weighted by Gasteiger charge is 2.34. The zero-order chi connectivity index (χ0) is 92.4. The molecule has 21 N–H and O–H groups in total. The highest BCUT2D eigenvalue weighted by atomic mass is 28.4. The van der Waals surface area contributed by atoms with Crippen molar-refractivity contribution < 1.29 is 158 Å². The Balaban J connectivity index is 0.000000487. The maximum absolute atomic E-state index is 11.5. The molecule has 0 spiro atoms. The van der Waals surface area contributed by atoms with E-state index in [1.807, 2.05) is 6.92 Å². The Labute approximate surface area is 625 Å². The molecule has 562 valence electrons. The molecule has 0 saturated heterocycles. The van der Waals surface area contributed by atoms with E-state index < -0.39 is 79.4 Å². The lowest BCUT2D eigenvalue weighted by molar-refractivity contribution is -0.131. The average Bonchev–Trinajstić information content (AvgIpc) is 0.829. The van der Waals surface area contributed by atoms with Crippen molar-refractivity contribution in [1.82, 2.24) is 0 Å². The molecule has 0 atom stereocenters. The lowest BCUT2D eigenvalue weighted by atomic mass is 10.2. The fourth-order valence-corrected chi connectivity index (χ4v) is 12.2. The van der Waals surface area contributed by atoms with E-state index in [0.717, 1.165) is 16.9 Å². The van der Waals surface area contributed by atoms with Gasteiger partial charge in [-0.05, 0) is 135 Å². The second kappa shape index (κ2) is 41.6. The lowest BCUT2D eigenvalue weighted by Crippen LogP contribution is -2.48. The van der Waals surface area contributed by atoms with Gasteiger partial charge in [0, 0.05) is 52.7 Å². The van der Waals surface area contributed by atoms with Crippen LogP contribution in [0.3, 0.4) is 0 Å². The van der Waals surface area contributed by atoms with Crippen molar-refractivity contribution >= 4 is 89.3 Å². The predicted octanol–water partition coefficient (Wildman–Crippen LogP) is -2.88. The molecule has 0 aromatic heterocycles. The number of methoxy groups -OCH3 is 3. The molecule has 0 aliphatic carbocycles. The molecule has 40 heteroatoms. The summed E-state index contributed by atoms with van der Waals surface area (Å²) in [5.74, 6) is 4.30. The van der Waals surface area contributed by atoms with Gasteiger partial charge in [-0.25, -0.2) is 4.79 Å². The van der Waals surface area contributed by atoms with E-state index in [9.17, 15) is 9.59 Å². The summed E-state index contributed by atoms with van der Waals surface area (Å²) >= 11 is 0. The Morgan fingerprint density at radius 2 is 0.784 bits per heavy atom. The van der Waals surface area contributed by atoms with Gasteiger partial charge >= 0.3 is 73.8 Å². The number of rotatable bonds is 41. The van der Waals surface area contributed by atoms with E-state index in [1.54, 1.807) is 125 Å². The molecule has 7 aromatic rings. The van der Waals surface area contributed by atoms with Crippen molar-refractivity contribution in [3.8, 4) is 51.7 Å². The summed E-state index contributed by atoms with van der Waals surface area (Å²) in [6.45, 7) is 13.2. The van der Waals surface area contributed by atoms with Crippen LogP contribution in [0, 0.1) is 0 Å². The summed E-state index contributed by atoms with van der Waals surface area (Å²) < 4.78 is 194. The topological polar surface area (TPSA) is 551 Å². The third-order valence-corrected chi connectivity index (χ3v) is 18.3. The van der Waals surface area contributed by atoms with Crippen molar-refractivity contribution in [2.75, 3.05) is 41.2 Å². The van der Waals surface area contributed by atoms with Gasteiger partial charge in [-0.2, -0.15) is 0 Å². The van der Waals surface area contributed by atoms with Crippen LogP contribution >= 0.6 is 0 Å². The second-order valence-corrected chi connectivity index (χ2v) is 33.7. The summed E-state index contributed by atoms with van der Waals surface area (Å²) in [7, 11) is -21.1. The second-order valence-electron chi connectivity index (χ2n) is 21.7. The van der Waals surface area contributed by atoms with E-state index in [-0.39, 0.29) is 40.3 Å². The van der Waals surface area contributed by atoms with E-state index in [0.29, 0.717) is 76.4 Å². The van der Waals surface area contributed by atoms with Crippen molar-refractivity contribution in [2.24, 2.45) is 0 Å². The Hall–Kier alpha value is -7.70. The monoisotopic (exact) mass is 1600 g/mol. The molecule has 1 aliphatic heterocycles. The number of ether oxygens (including phenoxy) is 10. The average molecular weight is 1600 g/mol. The third kappa shape index (κ3) is 40.8. The fourth-order valence-electron chi connectivity index (χ4n) is 7.60. The number of fused-ring (bicyclic) bond motifs is 1. The maximum Gasteiger partial charge on any atom is 0.528 e. The minimum atomic E-state index is -3.87. The number of benzene rings is 7. The van der Waals surface area contributed by atoms with Crippen LogP contribution in [-0.4, -0.2) is 251 Å². The molecule has 8 rings (SSSR count). The fraction of sp³-hybridized carbons (Fsp3) is 0.258. The molecule has 0 bridgehead atoms. The van der Waals surface area contributed by atoms with Crippen LogP contribution in [0.15, 0.2) is 171 Å². The zero-order valence-corrected chi connectivity index (χ0v) is 62.7. The molecule has 33 nitrogen and oxygen atoms in total. The number of hydrogen-bond acceptors (Lipinski definition) is 33. The maximum atomic E-state index is 11.5. The van der Waals surface area contributed by atoms with Crippen LogP contribution < -0.4 is 58.2 Å². The van der Waals surface area contributed by atoms with Gasteiger partial charge in [0.15, 0.2) is 41.6 Å². The van der Waals surface area contributed by atoms with Crippen LogP contribution in [0.2, 0.25) is 0 Å². The summed E-state index contributed by atoms with van der Waals surface area (Å²) in [4.78, 5) is 111. The van der Waals surface area contributed by atoms with Gasteiger partial charge in [0.25, 0.3) is 0 Å². The molecule has 1 aliphatic rings. The van der Waals surface area contributed by atoms with Gasteiger partial charge < -0.3 is 148 Å². The van der Waals surface area contributed by atoms with Gasteiger partial charge in [0.2, 0.25) is 0 Å². The predicted molar refractivity (Wildman–Crippen MR) is 376 cm³/mol. The Morgan fingerprint density at radius 3 is 1.15 bits per heavy atom. The van der Waals surface area contributed by atoms with Gasteiger partial charge in [-0.1, -0.05) is 73.3 Å². The third-order valence-electron chi connectivity index (χ3n) is 11.8. The highest BCUT2D eigenvalue weighted by molar-refractivity contribution is 6.72. The molecule has 102 heavy (non-hydrogen) atoms. The van der Waals surface area contributed by atoms with Gasteiger partial charge in [-0.3, -0.25) is 4.79 Å². The largest absolute Gasteiger partial charge is 0.528 e. The summed E-state index contributed by atoms with van der Waals surface area (Å²) in [6.07, 6.45) is 0.409. The van der Waals surface area contributed by atoms with E-state index in [4.69, 9.17) is 77.4 Å². The molecule has 0 fully saturated rings. The van der Waals surface area contributed by atoms with Crippen LogP contribution in [0.5, 0.6) is 51.7 Å². The Kier molecular flexibility index (Phi) is 24.7. The van der Waals surface area contributed by atoms with Gasteiger partial charge in [0.1, 0.15) is 59.1 Å². The Bertz CT molecular complexity index is 4020. The van der Waals surface area contributed by atoms with Gasteiger partial charge in [0.05, 0.1) is 34.2 Å². The SMILES string of the molecule is [3H]O[Si](Cc1cc(OC)cc(OC)c1)(O[3H])O[3H].[3H]O[Si](Cc1ccc(OC)cc1)(O[3H])O[3H].[3H]O[Si](Cc1ccc(OCC)cc1)(O[3H])O[3H].[3H]O[Si](Cc1ccc2c(c1)OCCO2)(O[3H])O[3H].[3H]O[Si](O[3H])(O[3H])c1ccc(OC(=O)OC(C)(C)C)cc1.[3H]O[Si](O[3H])(O[3H])c1ccc(OC(C)=O)cc1.[3H]O[Si](O[3H])(O[3H])c1ccc(OC=C)cc1. The Morgan fingerprint density at radius 1 is 0.431 bits per heavy atom. The summed E-state index contributed by atoms with van der Waals surface area (Å²) in [5.41, 5.74) is 2.16. The number of carbonyl (C=O) groups excluding carboxylic acids is 2. The lowest BCUT2D eigenvalue weighted by Gasteiger charge is -2.19. The first-order valence-electron chi connectivity index (χ1n) is 38.0. The summed E-state index contributed by atoms with van der Waals surface area (Å²) in [5, 5.41) is 0.774. The molecule has 1 heterocycles. The van der Waals surface area contributed by atoms with Crippen LogP contribution in [0.1, 0.15) is 56.9 Å². The van der Waals surface area contributed by atoms with Gasteiger partial charge in [-0.15, -0.1) is 0 Å². The van der Waals surface area contributed by atoms with Crippen molar-refractivity contribution in [3.05, 3.63) is 193 Å². The van der Waals surface area contributed by atoms with Crippen LogP contribution in [0.25, 0.3) is 0 Å². The minimum Gasteiger partial charge on any atom is -0.497 e. The van der Waals surface area contributed by atoms with Crippen LogP contribution in [-0.2, 0) is 33.7 Å². The standard InChI is InChI=1S/C11H16O6Si.C9H12O5Si.C9H14O5Si.C9H14O4Si.C8H10O5Si.C8H12O4Si.C8H10O4Si/c1-11(2,3)17-10(12)16-8-4-6-9(7-5-8)18(13,14)15;10-15(11,12)6-7-1-2-8-9(5-7)14-4-3-13-8;1-13-8-3-7(6-15(10,11)12)4-9(5-8)14-2;1-2-13-9-5-3-8(4-6-9)7-14(10,11)12;1-6(9)13-7-2-4-8(5-3-7)14(10,11)12;1-12-8-4-2-7(3-5-8)6-13(9,10)11;1-2-12-7-3-5-8(6-4-7)13(9,10)11/h4-7,13-15H,1-3H3;1-2,5,10-12H,3-4,6H2;3-5,10-12H,6H2,1-2H3;3-6,10-12H,2,7H2,1H3;2-5,10-12H,1H3;2-5,9-11H,6H2,1H3;2-6,9-11H,1H2/i13T,14T,15T;4*10T,11T,12T;2*9T,10T,11T. The summed E-state index contributed by atoms with van der Waals surface area (Å²) in [6, 6.07) is 41.7. The minimum absolute atomic E-state index is 0.00292. The number of hydrogen-bond donors (Lipinski definition) is 21. The molecule has 0 unspecified atom stereocenters. The first kappa shape index (κ1) is 60.7. The smallest absolute Gasteiger partial charge is 0.497 e. The number of esters is 1. The quantitative estimate of drug-likeness (QED) is 0.00602. The van der Waals surface area contributed by atoms with E-state index >= 15 is 0 Å². The zero-order valence-electron chi connectivity index (χ0n) is 76.7. The molecular weight excluding hydrogens is 1470 g/mol. The first-order valence-corrected chi connectivity index (χ1v) is 42.3.